The van der Waals surface area contributed by atoms with E-state index < -0.39 is 0 Å². The highest BCUT2D eigenvalue weighted by atomic mass is 16.5. The molecule has 0 aromatic carbocycles. The highest BCUT2D eigenvalue weighted by molar-refractivity contribution is 5.76. The zero-order chi connectivity index (χ0) is 8.81. The predicted octanol–water partition coefficient (Wildman–Crippen LogP) is -0.550. The van der Waals surface area contributed by atoms with E-state index in [0.29, 0.717) is 5.88 Å². The summed E-state index contributed by atoms with van der Waals surface area (Å²) in [7, 11) is 0. The number of pyridine rings is 1. The smallest absolute Gasteiger partial charge is 0.271 e. The van der Waals surface area contributed by atoms with Gasteiger partial charge in [-0.05, 0) is 6.07 Å². The molecule has 3 N–H and O–H groups in total. The second-order valence-electron chi connectivity index (χ2n) is 2.02. The SMILES string of the molecule is NNC(=O)COc1ccccn1. The van der Waals surface area contributed by atoms with Gasteiger partial charge in [0, 0.05) is 12.3 Å². The Hall–Kier alpha value is -1.62. The van der Waals surface area contributed by atoms with Crippen LogP contribution in [0, 0.1) is 0 Å². The highest BCUT2D eigenvalue weighted by Crippen LogP contribution is 2.01. The molecular formula is C7H9N3O2. The van der Waals surface area contributed by atoms with Gasteiger partial charge < -0.3 is 4.74 Å². The molecule has 0 saturated heterocycles. The van der Waals surface area contributed by atoms with Gasteiger partial charge >= 0.3 is 0 Å². The number of hydrogen-bond acceptors (Lipinski definition) is 4. The lowest BCUT2D eigenvalue weighted by molar-refractivity contribution is -0.123. The Kier molecular flexibility index (Phi) is 3.04. The zero-order valence-electron chi connectivity index (χ0n) is 6.36. The molecule has 5 heteroatoms. The molecule has 0 atom stereocenters. The van der Waals surface area contributed by atoms with Crippen molar-refractivity contribution >= 4 is 5.91 Å². The summed E-state index contributed by atoms with van der Waals surface area (Å²) in [5, 5.41) is 0. The fourth-order valence-electron chi connectivity index (χ4n) is 0.614. The lowest BCUT2D eigenvalue weighted by Gasteiger charge is -2.02. The van der Waals surface area contributed by atoms with Crippen LogP contribution in [-0.4, -0.2) is 17.5 Å². The average molecular weight is 167 g/mol. The van der Waals surface area contributed by atoms with E-state index in [0.717, 1.165) is 0 Å². The molecule has 0 fully saturated rings. The summed E-state index contributed by atoms with van der Waals surface area (Å²) in [4.78, 5) is 14.4. The standard InChI is InChI=1S/C7H9N3O2/c8-10-6(11)5-12-7-3-1-2-4-9-7/h1-4H,5,8H2,(H,10,11). The minimum Gasteiger partial charge on any atom is -0.468 e. The van der Waals surface area contributed by atoms with Gasteiger partial charge in [-0.1, -0.05) is 6.07 Å². The summed E-state index contributed by atoms with van der Waals surface area (Å²) >= 11 is 0. The van der Waals surface area contributed by atoms with Crippen LogP contribution >= 0.6 is 0 Å². The molecule has 1 aromatic heterocycles. The van der Waals surface area contributed by atoms with Gasteiger partial charge in [0.25, 0.3) is 5.91 Å². The van der Waals surface area contributed by atoms with Crippen LogP contribution in [0.25, 0.3) is 0 Å². The Bertz CT molecular complexity index is 250. The van der Waals surface area contributed by atoms with E-state index in [9.17, 15) is 4.79 Å². The van der Waals surface area contributed by atoms with Crippen molar-refractivity contribution in [2.45, 2.75) is 0 Å². The van der Waals surface area contributed by atoms with Crippen molar-refractivity contribution in [3.05, 3.63) is 24.4 Å². The van der Waals surface area contributed by atoms with Gasteiger partial charge in [0.05, 0.1) is 0 Å². The monoisotopic (exact) mass is 167 g/mol. The third-order valence-corrected chi connectivity index (χ3v) is 1.15. The third-order valence-electron chi connectivity index (χ3n) is 1.15. The van der Waals surface area contributed by atoms with Crippen LogP contribution in [0.5, 0.6) is 5.88 Å². The van der Waals surface area contributed by atoms with Crippen molar-refractivity contribution in [3.63, 3.8) is 0 Å². The zero-order valence-corrected chi connectivity index (χ0v) is 6.36. The minimum atomic E-state index is -0.388. The molecule has 0 spiro atoms. The highest BCUT2D eigenvalue weighted by Gasteiger charge is 1.98. The maximum absolute atomic E-state index is 10.6. The fraction of sp³-hybridized carbons (Fsp3) is 0.143. The van der Waals surface area contributed by atoms with E-state index in [1.54, 1.807) is 24.4 Å². The van der Waals surface area contributed by atoms with Crippen molar-refractivity contribution in [2.24, 2.45) is 5.84 Å². The molecule has 0 aliphatic heterocycles. The van der Waals surface area contributed by atoms with Crippen molar-refractivity contribution in [1.82, 2.24) is 10.4 Å². The van der Waals surface area contributed by atoms with Crippen LogP contribution in [-0.2, 0) is 4.79 Å². The molecule has 0 aliphatic rings. The van der Waals surface area contributed by atoms with Gasteiger partial charge in [0.15, 0.2) is 6.61 Å². The maximum atomic E-state index is 10.6. The van der Waals surface area contributed by atoms with Crippen molar-refractivity contribution < 1.29 is 9.53 Å². The summed E-state index contributed by atoms with van der Waals surface area (Å²) in [5.74, 6) is 4.85. The van der Waals surface area contributed by atoms with Crippen LogP contribution < -0.4 is 16.0 Å². The molecular weight excluding hydrogens is 158 g/mol. The van der Waals surface area contributed by atoms with Gasteiger partial charge in [0.2, 0.25) is 5.88 Å². The lowest BCUT2D eigenvalue weighted by Crippen LogP contribution is -2.34. The molecule has 5 nitrogen and oxygen atoms in total. The Balaban J connectivity index is 2.38. The number of nitrogens with two attached hydrogens (primary N) is 1. The Morgan fingerprint density at radius 3 is 3.08 bits per heavy atom. The summed E-state index contributed by atoms with van der Waals surface area (Å²) in [5.41, 5.74) is 1.94. The van der Waals surface area contributed by atoms with Crippen LogP contribution in [0.1, 0.15) is 0 Å². The number of nitrogens with zero attached hydrogens (tertiary/aromatic N) is 1. The minimum absolute atomic E-state index is 0.118. The van der Waals surface area contributed by atoms with E-state index in [1.165, 1.54) is 0 Å². The number of ether oxygens (including phenoxy) is 1. The number of carbonyl (C=O) groups is 1. The summed E-state index contributed by atoms with van der Waals surface area (Å²) in [6, 6.07) is 5.18. The Morgan fingerprint density at radius 1 is 1.67 bits per heavy atom. The van der Waals surface area contributed by atoms with Crippen LogP contribution in [0.4, 0.5) is 0 Å². The molecule has 0 aliphatic carbocycles. The molecule has 0 radical (unpaired) electrons. The predicted molar refractivity (Wildman–Crippen MR) is 42.1 cm³/mol. The van der Waals surface area contributed by atoms with E-state index in [4.69, 9.17) is 10.6 Å². The number of hydrogen-bond donors (Lipinski definition) is 2. The van der Waals surface area contributed by atoms with Gasteiger partial charge in [0.1, 0.15) is 0 Å². The Morgan fingerprint density at radius 2 is 2.50 bits per heavy atom. The molecule has 1 heterocycles. The second kappa shape index (κ2) is 4.30. The largest absolute Gasteiger partial charge is 0.468 e. The van der Waals surface area contributed by atoms with E-state index >= 15 is 0 Å². The van der Waals surface area contributed by atoms with E-state index in [-0.39, 0.29) is 12.5 Å². The molecule has 0 bridgehead atoms. The van der Waals surface area contributed by atoms with E-state index in [1.807, 2.05) is 5.43 Å². The van der Waals surface area contributed by atoms with Crippen molar-refractivity contribution in [1.29, 1.82) is 0 Å². The first-order valence-corrected chi connectivity index (χ1v) is 3.36. The second-order valence-corrected chi connectivity index (χ2v) is 2.02. The van der Waals surface area contributed by atoms with Gasteiger partial charge in [-0.3, -0.25) is 10.2 Å². The molecule has 1 aromatic rings. The average Bonchev–Trinajstić information content (AvgIpc) is 2.16. The molecule has 0 unspecified atom stereocenters. The molecule has 1 amide bonds. The molecule has 1 rings (SSSR count). The first-order chi connectivity index (χ1) is 5.83. The van der Waals surface area contributed by atoms with Crippen LogP contribution in [0.2, 0.25) is 0 Å². The number of nitrogens with one attached hydrogen (secondary N) is 1. The fourth-order valence-corrected chi connectivity index (χ4v) is 0.614. The lowest BCUT2D eigenvalue weighted by atomic mass is 10.5. The number of hydrazine groups is 1. The van der Waals surface area contributed by atoms with Gasteiger partial charge in [-0.2, -0.15) is 0 Å². The number of aromatic nitrogens is 1. The quantitative estimate of drug-likeness (QED) is 0.360. The Labute approximate surface area is 69.5 Å². The normalized spacial score (nSPS) is 9.08. The summed E-state index contributed by atoms with van der Waals surface area (Å²) in [6.45, 7) is -0.118. The summed E-state index contributed by atoms with van der Waals surface area (Å²) in [6.07, 6.45) is 1.58. The maximum Gasteiger partial charge on any atom is 0.271 e. The number of carbonyl (C=O) groups excluding carboxylic acids is 1. The van der Waals surface area contributed by atoms with E-state index in [2.05, 4.69) is 4.98 Å². The van der Waals surface area contributed by atoms with Crippen LogP contribution in [0.3, 0.4) is 0 Å². The number of amides is 1. The van der Waals surface area contributed by atoms with Crippen LogP contribution in [0.15, 0.2) is 24.4 Å². The van der Waals surface area contributed by atoms with Crippen molar-refractivity contribution in [2.75, 3.05) is 6.61 Å². The summed E-state index contributed by atoms with van der Waals surface area (Å²) < 4.78 is 4.96. The molecule has 64 valence electrons. The molecule has 0 saturated carbocycles. The first-order valence-electron chi connectivity index (χ1n) is 3.36. The molecule has 12 heavy (non-hydrogen) atoms. The van der Waals surface area contributed by atoms with Gasteiger partial charge in [-0.15, -0.1) is 0 Å². The topological polar surface area (TPSA) is 77.2 Å². The van der Waals surface area contributed by atoms with Crippen molar-refractivity contribution in [3.8, 4) is 5.88 Å². The van der Waals surface area contributed by atoms with Gasteiger partial charge in [-0.25, -0.2) is 10.8 Å². The number of rotatable bonds is 3. The first kappa shape index (κ1) is 8.48. The third kappa shape index (κ3) is 2.55.